The zero-order valence-corrected chi connectivity index (χ0v) is 13.9. The van der Waals surface area contributed by atoms with Gasteiger partial charge in [-0.25, -0.2) is 0 Å². The largest absolute Gasteiger partial charge is 1.00 e. The Morgan fingerprint density at radius 2 is 1.89 bits per heavy atom. The van der Waals surface area contributed by atoms with Crippen molar-refractivity contribution in [3.05, 3.63) is 12.2 Å². The van der Waals surface area contributed by atoms with Crippen molar-refractivity contribution in [2.24, 2.45) is 0 Å². The summed E-state index contributed by atoms with van der Waals surface area (Å²) in [6, 6.07) is 0. The molecule has 0 atom stereocenters. The van der Waals surface area contributed by atoms with E-state index < -0.39 is 5.97 Å². The Hall–Kier alpha value is -0.360. The fourth-order valence-corrected chi connectivity index (χ4v) is 1.23. The summed E-state index contributed by atoms with van der Waals surface area (Å²) in [6.07, 6.45) is 7.37. The number of carbonyl (C=O) groups is 2. The standard InChI is InChI=1S/C13H23NO4.Na/c1-2-3-4-5-6-11-18-13(17)8-10-14-9-7-12(15)16;/h5-6,14H,2-4,7-11H2,1H3,(H,15,16);/q;+1/p-1. The molecule has 104 valence electrons. The van der Waals surface area contributed by atoms with Crippen LogP contribution in [0, 0.1) is 0 Å². The molecule has 6 heteroatoms. The van der Waals surface area contributed by atoms with Gasteiger partial charge in [0.2, 0.25) is 0 Å². The predicted molar refractivity (Wildman–Crippen MR) is 66.7 cm³/mol. The SMILES string of the molecule is CCCCC=CCOC(=O)CCNCCC(=O)[O-].[Na+]. The molecule has 0 aromatic carbocycles. The molecule has 0 aromatic heterocycles. The van der Waals surface area contributed by atoms with Crippen molar-refractivity contribution < 1.29 is 49.0 Å². The number of carboxylic acid groups (broad SMARTS) is 1. The van der Waals surface area contributed by atoms with Crippen LogP contribution in [0.15, 0.2) is 12.2 Å². The number of esters is 1. The molecule has 0 fully saturated rings. The number of ether oxygens (including phenoxy) is 1. The van der Waals surface area contributed by atoms with E-state index in [1.165, 1.54) is 0 Å². The van der Waals surface area contributed by atoms with Crippen molar-refractivity contribution in [2.45, 2.75) is 39.0 Å². The Bertz CT molecular complexity index is 269. The molecular formula is C13H22NNaO4. The van der Waals surface area contributed by atoms with Gasteiger partial charge in [0.25, 0.3) is 0 Å². The second-order valence-corrected chi connectivity index (χ2v) is 3.92. The second kappa shape index (κ2) is 15.7. The molecule has 0 rings (SSSR count). The van der Waals surface area contributed by atoms with Crippen LogP contribution in [-0.2, 0) is 14.3 Å². The molecule has 0 unspecified atom stereocenters. The maximum Gasteiger partial charge on any atom is 1.00 e. The predicted octanol–water partition coefficient (Wildman–Crippen LogP) is -2.60. The maximum absolute atomic E-state index is 11.2. The summed E-state index contributed by atoms with van der Waals surface area (Å²) in [5, 5.41) is 12.9. The summed E-state index contributed by atoms with van der Waals surface area (Å²) in [4.78, 5) is 21.3. The maximum atomic E-state index is 11.2. The molecule has 0 aromatic rings. The molecule has 0 aliphatic rings. The third kappa shape index (κ3) is 17.6. The van der Waals surface area contributed by atoms with E-state index in [-0.39, 0.29) is 48.4 Å². The van der Waals surface area contributed by atoms with E-state index in [9.17, 15) is 14.7 Å². The van der Waals surface area contributed by atoms with Crippen molar-refractivity contribution in [3.63, 3.8) is 0 Å². The summed E-state index contributed by atoms with van der Waals surface area (Å²) in [7, 11) is 0. The quantitative estimate of drug-likeness (QED) is 0.194. The first-order chi connectivity index (χ1) is 8.66. The fraction of sp³-hybridized carbons (Fsp3) is 0.692. The van der Waals surface area contributed by atoms with Gasteiger partial charge in [-0.1, -0.05) is 31.9 Å². The third-order valence-electron chi connectivity index (χ3n) is 2.24. The van der Waals surface area contributed by atoms with E-state index in [0.717, 1.165) is 19.3 Å². The van der Waals surface area contributed by atoms with Crippen LogP contribution in [0.25, 0.3) is 0 Å². The van der Waals surface area contributed by atoms with E-state index in [4.69, 9.17) is 4.74 Å². The normalized spacial score (nSPS) is 10.2. The molecule has 0 spiro atoms. The monoisotopic (exact) mass is 279 g/mol. The number of rotatable bonds is 11. The van der Waals surface area contributed by atoms with Gasteiger partial charge in [0.1, 0.15) is 6.61 Å². The number of carbonyl (C=O) groups excluding carboxylic acids is 2. The Morgan fingerprint density at radius 3 is 2.53 bits per heavy atom. The van der Waals surface area contributed by atoms with Crippen molar-refractivity contribution >= 4 is 11.9 Å². The molecule has 0 amide bonds. The summed E-state index contributed by atoms with van der Waals surface area (Å²) >= 11 is 0. The first-order valence-electron chi connectivity index (χ1n) is 6.38. The summed E-state index contributed by atoms with van der Waals surface area (Å²) in [5.41, 5.74) is 0. The molecule has 1 N–H and O–H groups in total. The van der Waals surface area contributed by atoms with Crippen molar-refractivity contribution in [3.8, 4) is 0 Å². The van der Waals surface area contributed by atoms with Crippen LogP contribution in [0.5, 0.6) is 0 Å². The van der Waals surface area contributed by atoms with Gasteiger partial charge < -0.3 is 20.0 Å². The number of carboxylic acids is 1. The number of hydrogen-bond donors (Lipinski definition) is 1. The van der Waals surface area contributed by atoms with Crippen LogP contribution in [0.2, 0.25) is 0 Å². The zero-order chi connectivity index (χ0) is 13.6. The van der Waals surface area contributed by atoms with Gasteiger partial charge in [0.15, 0.2) is 0 Å². The van der Waals surface area contributed by atoms with Crippen molar-refractivity contribution in [1.29, 1.82) is 0 Å². The van der Waals surface area contributed by atoms with E-state index in [1.54, 1.807) is 0 Å². The van der Waals surface area contributed by atoms with E-state index in [0.29, 0.717) is 19.7 Å². The second-order valence-electron chi connectivity index (χ2n) is 3.92. The third-order valence-corrected chi connectivity index (χ3v) is 2.24. The molecule has 0 saturated heterocycles. The molecule has 5 nitrogen and oxygen atoms in total. The molecule has 0 heterocycles. The first kappa shape index (κ1) is 20.9. The molecular weight excluding hydrogens is 257 g/mol. The Labute approximate surface area is 137 Å². The number of aliphatic carboxylic acids is 1. The van der Waals surface area contributed by atoms with E-state index in [2.05, 4.69) is 12.2 Å². The van der Waals surface area contributed by atoms with Gasteiger partial charge in [-0.05, 0) is 12.8 Å². The Kier molecular flexibility index (Phi) is 17.3. The van der Waals surface area contributed by atoms with Crippen molar-refractivity contribution in [2.75, 3.05) is 19.7 Å². The van der Waals surface area contributed by atoms with Gasteiger partial charge in [-0.3, -0.25) is 4.79 Å². The minimum Gasteiger partial charge on any atom is -0.550 e. The van der Waals surface area contributed by atoms with E-state index in [1.807, 2.05) is 12.2 Å². The van der Waals surface area contributed by atoms with Crippen LogP contribution in [0.3, 0.4) is 0 Å². The smallest absolute Gasteiger partial charge is 0.550 e. The van der Waals surface area contributed by atoms with Crippen LogP contribution in [0.1, 0.15) is 39.0 Å². The average molecular weight is 279 g/mol. The summed E-state index contributed by atoms with van der Waals surface area (Å²) in [5.74, 6) is -1.38. The zero-order valence-electron chi connectivity index (χ0n) is 11.9. The van der Waals surface area contributed by atoms with Crippen molar-refractivity contribution in [1.82, 2.24) is 5.32 Å². The summed E-state index contributed by atoms with van der Waals surface area (Å²) < 4.78 is 4.96. The van der Waals surface area contributed by atoms with Crippen LogP contribution < -0.4 is 40.0 Å². The topological polar surface area (TPSA) is 78.5 Å². The Balaban J connectivity index is 0. The van der Waals surface area contributed by atoms with Gasteiger partial charge >= 0.3 is 35.5 Å². The molecule has 0 radical (unpaired) electrons. The first-order valence-corrected chi connectivity index (χ1v) is 6.38. The minimum atomic E-state index is -1.10. The average Bonchev–Trinajstić information content (AvgIpc) is 2.33. The summed E-state index contributed by atoms with van der Waals surface area (Å²) in [6.45, 7) is 3.17. The van der Waals surface area contributed by atoms with Crippen LogP contribution >= 0.6 is 0 Å². The molecule has 0 aliphatic heterocycles. The minimum absolute atomic E-state index is 0. The Morgan fingerprint density at radius 1 is 1.21 bits per heavy atom. The number of nitrogens with one attached hydrogen (secondary N) is 1. The molecule has 0 aliphatic carbocycles. The number of hydrogen-bond acceptors (Lipinski definition) is 5. The van der Waals surface area contributed by atoms with Crippen LogP contribution in [0.4, 0.5) is 0 Å². The number of allylic oxidation sites excluding steroid dienone is 1. The molecule has 0 saturated carbocycles. The van der Waals surface area contributed by atoms with Crippen LogP contribution in [-0.4, -0.2) is 31.6 Å². The van der Waals surface area contributed by atoms with Gasteiger partial charge in [0.05, 0.1) is 6.42 Å². The van der Waals surface area contributed by atoms with E-state index >= 15 is 0 Å². The van der Waals surface area contributed by atoms with Gasteiger partial charge in [0, 0.05) is 19.1 Å². The molecule has 19 heavy (non-hydrogen) atoms. The fourth-order valence-electron chi connectivity index (χ4n) is 1.23. The number of unbranched alkanes of at least 4 members (excludes halogenated alkanes) is 2. The van der Waals surface area contributed by atoms with Gasteiger partial charge in [-0.2, -0.15) is 0 Å². The molecule has 0 bridgehead atoms. The van der Waals surface area contributed by atoms with Gasteiger partial charge in [-0.15, -0.1) is 0 Å².